The number of carbonyl (C=O) groups excluding carboxylic acids is 2. The third kappa shape index (κ3) is 5.88. The predicted molar refractivity (Wildman–Crippen MR) is 100 cm³/mol. The number of likely N-dealkylation sites (N-methyl/N-ethyl adjacent to an activating group) is 1. The third-order valence-electron chi connectivity index (χ3n) is 3.71. The second kappa shape index (κ2) is 9.19. The fraction of sp³-hybridized carbons (Fsp3) is 0.333. The van der Waals surface area contributed by atoms with Crippen molar-refractivity contribution in [3.63, 3.8) is 0 Å². The molecule has 1 aromatic heterocycles. The average Bonchev–Trinajstić information content (AvgIpc) is 3.07. The summed E-state index contributed by atoms with van der Waals surface area (Å²) in [7, 11) is 1.55. The van der Waals surface area contributed by atoms with Gasteiger partial charge in [0, 0.05) is 12.6 Å². The molecular formula is C18H24N3O3S+. The molecule has 0 bridgehead atoms. The van der Waals surface area contributed by atoms with Gasteiger partial charge in [-0.1, -0.05) is 6.07 Å². The van der Waals surface area contributed by atoms with Gasteiger partial charge in [-0.3, -0.25) is 9.59 Å². The Bertz CT molecular complexity index is 716. The van der Waals surface area contributed by atoms with Crippen molar-refractivity contribution in [3.8, 4) is 5.75 Å². The molecule has 25 heavy (non-hydrogen) atoms. The fourth-order valence-electron chi connectivity index (χ4n) is 2.48. The monoisotopic (exact) mass is 362 g/mol. The zero-order chi connectivity index (χ0) is 18.2. The first-order valence-electron chi connectivity index (χ1n) is 8.13. The van der Waals surface area contributed by atoms with Gasteiger partial charge in [0.15, 0.2) is 6.54 Å². The van der Waals surface area contributed by atoms with Gasteiger partial charge in [0.05, 0.1) is 24.2 Å². The minimum Gasteiger partial charge on any atom is -0.495 e. The molecule has 1 atom stereocenters. The highest BCUT2D eigenvalue weighted by Gasteiger charge is 2.16. The van der Waals surface area contributed by atoms with Gasteiger partial charge in [-0.15, -0.1) is 11.3 Å². The first kappa shape index (κ1) is 19.0. The average molecular weight is 362 g/mol. The van der Waals surface area contributed by atoms with Crippen molar-refractivity contribution in [1.82, 2.24) is 0 Å². The quantitative estimate of drug-likeness (QED) is 0.670. The van der Waals surface area contributed by atoms with Crippen LogP contribution in [-0.4, -0.2) is 32.0 Å². The van der Waals surface area contributed by atoms with Crippen LogP contribution >= 0.6 is 11.3 Å². The molecule has 134 valence electrons. The van der Waals surface area contributed by atoms with Gasteiger partial charge in [-0.05, 0) is 36.6 Å². The molecule has 7 heteroatoms. The van der Waals surface area contributed by atoms with Crippen LogP contribution in [0.2, 0.25) is 0 Å². The van der Waals surface area contributed by atoms with Crippen LogP contribution in [0, 0.1) is 0 Å². The number of anilines is 2. The number of quaternary nitrogens is 1. The van der Waals surface area contributed by atoms with E-state index in [1.165, 1.54) is 16.7 Å². The molecule has 1 heterocycles. The molecule has 0 aliphatic carbocycles. The summed E-state index contributed by atoms with van der Waals surface area (Å²) in [6.07, 6.45) is 0. The van der Waals surface area contributed by atoms with Crippen LogP contribution in [0.1, 0.15) is 18.7 Å². The highest BCUT2D eigenvalue weighted by molar-refractivity contribution is 7.09. The van der Waals surface area contributed by atoms with Crippen molar-refractivity contribution in [2.24, 2.45) is 0 Å². The van der Waals surface area contributed by atoms with E-state index >= 15 is 0 Å². The lowest BCUT2D eigenvalue weighted by molar-refractivity contribution is -0.903. The van der Waals surface area contributed by atoms with Gasteiger partial charge in [0.1, 0.15) is 12.3 Å². The molecule has 3 N–H and O–H groups in total. The highest BCUT2D eigenvalue weighted by Crippen LogP contribution is 2.27. The molecule has 0 radical (unpaired) electrons. The van der Waals surface area contributed by atoms with E-state index in [9.17, 15) is 9.59 Å². The summed E-state index contributed by atoms with van der Waals surface area (Å²) in [5.74, 6) is 0.297. The normalized spacial score (nSPS) is 11.6. The van der Waals surface area contributed by atoms with Gasteiger partial charge in [-0.25, -0.2) is 0 Å². The molecule has 0 aliphatic rings. The van der Waals surface area contributed by atoms with Crippen LogP contribution in [-0.2, 0) is 16.1 Å². The molecule has 0 spiro atoms. The Kier molecular flexibility index (Phi) is 6.97. The van der Waals surface area contributed by atoms with Crippen molar-refractivity contribution in [1.29, 1.82) is 0 Å². The number of nitrogens with one attached hydrogen (secondary N) is 3. The van der Waals surface area contributed by atoms with Crippen molar-refractivity contribution in [3.05, 3.63) is 40.6 Å². The lowest BCUT2D eigenvalue weighted by atomic mass is 10.2. The van der Waals surface area contributed by atoms with Crippen molar-refractivity contribution >= 4 is 34.5 Å². The van der Waals surface area contributed by atoms with Crippen molar-refractivity contribution in [2.75, 3.05) is 30.8 Å². The molecule has 1 aromatic carbocycles. The van der Waals surface area contributed by atoms with Gasteiger partial charge < -0.3 is 20.3 Å². The molecule has 0 aliphatic heterocycles. The van der Waals surface area contributed by atoms with Gasteiger partial charge >= 0.3 is 0 Å². The number of hydrogen-bond acceptors (Lipinski definition) is 4. The minimum absolute atomic E-state index is 0.0910. The Balaban J connectivity index is 2.03. The van der Waals surface area contributed by atoms with E-state index in [1.54, 1.807) is 36.6 Å². The van der Waals surface area contributed by atoms with Crippen LogP contribution in [0.3, 0.4) is 0 Å². The Morgan fingerprint density at radius 2 is 2.04 bits per heavy atom. The zero-order valence-corrected chi connectivity index (χ0v) is 15.5. The first-order chi connectivity index (χ1) is 12.0. The largest absolute Gasteiger partial charge is 0.495 e. The molecule has 1 unspecified atom stereocenters. The number of rotatable bonds is 8. The van der Waals surface area contributed by atoms with Crippen LogP contribution in [0.5, 0.6) is 5.75 Å². The molecule has 2 amide bonds. The lowest BCUT2D eigenvalue weighted by Crippen LogP contribution is -3.11. The second-order valence-corrected chi connectivity index (χ2v) is 6.71. The number of carbonyl (C=O) groups is 2. The summed E-state index contributed by atoms with van der Waals surface area (Å²) in [6, 6.07) is 9.25. The fourth-order valence-corrected chi connectivity index (χ4v) is 3.26. The lowest BCUT2D eigenvalue weighted by Gasteiger charge is -2.17. The number of amides is 2. The summed E-state index contributed by atoms with van der Waals surface area (Å²) in [6.45, 7) is 5.55. The van der Waals surface area contributed by atoms with Crippen molar-refractivity contribution < 1.29 is 19.2 Å². The zero-order valence-electron chi connectivity index (χ0n) is 14.7. The Morgan fingerprint density at radius 3 is 2.64 bits per heavy atom. The van der Waals surface area contributed by atoms with Gasteiger partial charge in [0.25, 0.3) is 5.91 Å². The van der Waals surface area contributed by atoms with Gasteiger partial charge in [-0.2, -0.15) is 0 Å². The van der Waals surface area contributed by atoms with Crippen LogP contribution < -0.4 is 20.3 Å². The maximum absolute atomic E-state index is 12.4. The van der Waals surface area contributed by atoms with Crippen LogP contribution in [0.15, 0.2) is 35.7 Å². The molecular weight excluding hydrogens is 338 g/mol. The molecule has 0 saturated carbocycles. The van der Waals surface area contributed by atoms with Crippen LogP contribution in [0.4, 0.5) is 11.4 Å². The Hall–Kier alpha value is -2.38. The number of methoxy groups -OCH3 is 1. The topological polar surface area (TPSA) is 71.9 Å². The highest BCUT2D eigenvalue weighted by atomic mass is 32.1. The maximum atomic E-state index is 12.4. The number of ether oxygens (including phenoxy) is 1. The summed E-state index contributed by atoms with van der Waals surface area (Å²) < 4.78 is 5.29. The van der Waals surface area contributed by atoms with E-state index in [0.29, 0.717) is 23.7 Å². The van der Waals surface area contributed by atoms with Gasteiger partial charge in [0.2, 0.25) is 5.91 Å². The first-order valence-corrected chi connectivity index (χ1v) is 9.01. The third-order valence-corrected chi connectivity index (χ3v) is 4.59. The SMILES string of the molecule is CC[NH+](CC(=O)Nc1cc(NC(C)=O)ccc1OC)Cc1cccs1. The number of benzene rings is 1. The smallest absolute Gasteiger partial charge is 0.279 e. The van der Waals surface area contributed by atoms with Crippen molar-refractivity contribution in [2.45, 2.75) is 20.4 Å². The van der Waals surface area contributed by atoms with E-state index in [2.05, 4.69) is 23.6 Å². The van der Waals surface area contributed by atoms with Crippen LogP contribution in [0.25, 0.3) is 0 Å². The number of thiophene rings is 1. The Labute approximate surface area is 151 Å². The van der Waals surface area contributed by atoms with E-state index in [0.717, 1.165) is 13.1 Å². The minimum atomic E-state index is -0.167. The molecule has 2 rings (SSSR count). The summed E-state index contributed by atoms with van der Waals surface area (Å²) in [5.41, 5.74) is 1.16. The summed E-state index contributed by atoms with van der Waals surface area (Å²) >= 11 is 1.70. The second-order valence-electron chi connectivity index (χ2n) is 5.68. The molecule has 2 aromatic rings. The van der Waals surface area contributed by atoms with E-state index < -0.39 is 0 Å². The maximum Gasteiger partial charge on any atom is 0.279 e. The van der Waals surface area contributed by atoms with E-state index in [4.69, 9.17) is 4.74 Å². The van der Waals surface area contributed by atoms with E-state index in [-0.39, 0.29) is 11.8 Å². The number of hydrogen-bond donors (Lipinski definition) is 3. The molecule has 0 saturated heterocycles. The van der Waals surface area contributed by atoms with E-state index in [1.807, 2.05) is 11.4 Å². The standard InChI is InChI=1S/C18H23N3O3S/c1-4-21(11-15-6-5-9-25-15)12-18(23)20-16-10-14(19-13(2)22)7-8-17(16)24-3/h5-10H,4,11-12H2,1-3H3,(H,19,22)(H,20,23)/p+1. The predicted octanol–water partition coefficient (Wildman–Crippen LogP) is 1.76. The summed E-state index contributed by atoms with van der Waals surface area (Å²) in [5, 5.41) is 7.63. The molecule has 6 nitrogen and oxygen atoms in total. The summed E-state index contributed by atoms with van der Waals surface area (Å²) in [4.78, 5) is 26.1. The molecule has 0 fully saturated rings. The Morgan fingerprint density at radius 1 is 1.24 bits per heavy atom.